The van der Waals surface area contributed by atoms with Gasteiger partial charge in [-0.25, -0.2) is 4.79 Å². The first kappa shape index (κ1) is 9.77. The van der Waals surface area contributed by atoms with Gasteiger partial charge in [0.15, 0.2) is 0 Å². The van der Waals surface area contributed by atoms with Crippen LogP contribution in [0.1, 0.15) is 23.0 Å². The standard InChI is InChI=1S/C12H13NO2/c1-3-15-12(14)11-8(2)9-6-4-5-7-10(9)13-11/h4-7,13H,3H2,1-2H3. The summed E-state index contributed by atoms with van der Waals surface area (Å²) in [6.45, 7) is 4.12. The number of carbonyl (C=O) groups is 1. The zero-order chi connectivity index (χ0) is 10.8. The highest BCUT2D eigenvalue weighted by Gasteiger charge is 2.14. The number of aryl methyl sites for hydroxylation is 1. The maximum Gasteiger partial charge on any atom is 0.355 e. The summed E-state index contributed by atoms with van der Waals surface area (Å²) < 4.78 is 4.97. The van der Waals surface area contributed by atoms with Gasteiger partial charge in [0.05, 0.1) is 6.61 Å². The van der Waals surface area contributed by atoms with Gasteiger partial charge in [-0.3, -0.25) is 0 Å². The number of nitrogens with one attached hydrogen (secondary N) is 1. The van der Waals surface area contributed by atoms with Crippen molar-refractivity contribution in [3.63, 3.8) is 0 Å². The first-order chi connectivity index (χ1) is 7.24. The van der Waals surface area contributed by atoms with Crippen molar-refractivity contribution in [2.75, 3.05) is 6.61 Å². The Morgan fingerprint density at radius 3 is 2.80 bits per heavy atom. The van der Waals surface area contributed by atoms with E-state index in [0.717, 1.165) is 16.5 Å². The average Bonchev–Trinajstić information content (AvgIpc) is 2.57. The van der Waals surface area contributed by atoms with Crippen LogP contribution in [0.25, 0.3) is 10.9 Å². The highest BCUT2D eigenvalue weighted by molar-refractivity contribution is 5.98. The molecular weight excluding hydrogens is 190 g/mol. The molecule has 0 aliphatic carbocycles. The quantitative estimate of drug-likeness (QED) is 0.762. The van der Waals surface area contributed by atoms with Crippen LogP contribution >= 0.6 is 0 Å². The van der Waals surface area contributed by atoms with Crippen molar-refractivity contribution in [3.05, 3.63) is 35.5 Å². The summed E-state index contributed by atoms with van der Waals surface area (Å²) >= 11 is 0. The van der Waals surface area contributed by atoms with Crippen LogP contribution in [0.5, 0.6) is 0 Å². The normalized spacial score (nSPS) is 10.5. The van der Waals surface area contributed by atoms with Crippen LogP contribution in [0, 0.1) is 6.92 Å². The summed E-state index contributed by atoms with van der Waals surface area (Å²) in [6, 6.07) is 7.83. The van der Waals surface area contributed by atoms with Crippen LogP contribution in [0.2, 0.25) is 0 Å². The third-order valence-electron chi connectivity index (χ3n) is 2.45. The van der Waals surface area contributed by atoms with E-state index in [2.05, 4.69) is 4.98 Å². The molecule has 0 saturated carbocycles. The molecule has 2 rings (SSSR count). The van der Waals surface area contributed by atoms with E-state index in [4.69, 9.17) is 4.74 Å². The van der Waals surface area contributed by atoms with E-state index in [0.29, 0.717) is 12.3 Å². The second-order valence-electron chi connectivity index (χ2n) is 3.39. The Hall–Kier alpha value is -1.77. The molecule has 0 fully saturated rings. The van der Waals surface area contributed by atoms with E-state index in [1.54, 1.807) is 6.92 Å². The zero-order valence-electron chi connectivity index (χ0n) is 8.83. The van der Waals surface area contributed by atoms with Gasteiger partial charge in [-0.15, -0.1) is 0 Å². The van der Waals surface area contributed by atoms with Crippen molar-refractivity contribution in [1.82, 2.24) is 4.98 Å². The average molecular weight is 203 g/mol. The molecule has 0 amide bonds. The lowest BCUT2D eigenvalue weighted by atomic mass is 10.1. The van der Waals surface area contributed by atoms with Gasteiger partial charge in [0.25, 0.3) is 0 Å². The minimum absolute atomic E-state index is 0.286. The highest BCUT2D eigenvalue weighted by atomic mass is 16.5. The van der Waals surface area contributed by atoms with Crippen molar-refractivity contribution in [3.8, 4) is 0 Å². The Balaban J connectivity index is 2.53. The summed E-state index contributed by atoms with van der Waals surface area (Å²) in [7, 11) is 0. The molecule has 0 aliphatic rings. The maximum atomic E-state index is 11.6. The summed E-state index contributed by atoms with van der Waals surface area (Å²) in [5, 5.41) is 1.07. The van der Waals surface area contributed by atoms with Gasteiger partial charge in [-0.1, -0.05) is 18.2 Å². The number of hydrogen-bond acceptors (Lipinski definition) is 2. The van der Waals surface area contributed by atoms with Gasteiger partial charge < -0.3 is 9.72 Å². The lowest BCUT2D eigenvalue weighted by Crippen LogP contribution is -2.06. The Kier molecular flexibility index (Phi) is 2.46. The maximum absolute atomic E-state index is 11.6. The van der Waals surface area contributed by atoms with Crippen LogP contribution in [0.3, 0.4) is 0 Å². The molecule has 0 atom stereocenters. The van der Waals surface area contributed by atoms with E-state index in [1.807, 2.05) is 31.2 Å². The van der Waals surface area contributed by atoms with Crippen molar-refractivity contribution >= 4 is 16.9 Å². The van der Waals surface area contributed by atoms with Crippen LogP contribution in [0.15, 0.2) is 24.3 Å². The fourth-order valence-corrected chi connectivity index (χ4v) is 1.69. The molecule has 78 valence electrons. The molecule has 1 aromatic heterocycles. The molecule has 2 aromatic rings. The molecule has 3 nitrogen and oxygen atoms in total. The number of ether oxygens (including phenoxy) is 1. The largest absolute Gasteiger partial charge is 0.461 e. The number of esters is 1. The minimum atomic E-state index is -0.286. The Morgan fingerprint density at radius 2 is 2.13 bits per heavy atom. The number of fused-ring (bicyclic) bond motifs is 1. The fourth-order valence-electron chi connectivity index (χ4n) is 1.69. The number of aromatic amines is 1. The molecule has 0 spiro atoms. The molecule has 0 radical (unpaired) electrons. The number of H-pyrrole nitrogens is 1. The topological polar surface area (TPSA) is 42.1 Å². The van der Waals surface area contributed by atoms with Crippen LogP contribution in [-0.4, -0.2) is 17.6 Å². The van der Waals surface area contributed by atoms with E-state index >= 15 is 0 Å². The molecule has 0 bridgehead atoms. The number of rotatable bonds is 2. The van der Waals surface area contributed by atoms with Crippen LogP contribution < -0.4 is 0 Å². The van der Waals surface area contributed by atoms with E-state index in [9.17, 15) is 4.79 Å². The van der Waals surface area contributed by atoms with Gasteiger partial charge in [-0.05, 0) is 25.5 Å². The second-order valence-corrected chi connectivity index (χ2v) is 3.39. The molecule has 3 heteroatoms. The van der Waals surface area contributed by atoms with Crippen molar-refractivity contribution in [1.29, 1.82) is 0 Å². The summed E-state index contributed by atoms with van der Waals surface area (Å²) in [5.74, 6) is -0.286. The lowest BCUT2D eigenvalue weighted by Gasteiger charge is -1.99. The molecule has 0 aliphatic heterocycles. The molecule has 0 unspecified atom stereocenters. The number of benzene rings is 1. The molecular formula is C12H13NO2. The zero-order valence-corrected chi connectivity index (χ0v) is 8.83. The molecule has 1 N–H and O–H groups in total. The van der Waals surface area contributed by atoms with Crippen LogP contribution in [0.4, 0.5) is 0 Å². The number of carbonyl (C=O) groups excluding carboxylic acids is 1. The summed E-state index contributed by atoms with van der Waals surface area (Å²) in [4.78, 5) is 14.7. The van der Waals surface area contributed by atoms with Gasteiger partial charge >= 0.3 is 5.97 Å². The van der Waals surface area contributed by atoms with E-state index in [1.165, 1.54) is 0 Å². The van der Waals surface area contributed by atoms with Crippen molar-refractivity contribution in [2.24, 2.45) is 0 Å². The third-order valence-corrected chi connectivity index (χ3v) is 2.45. The van der Waals surface area contributed by atoms with Crippen molar-refractivity contribution < 1.29 is 9.53 Å². The predicted octanol–water partition coefficient (Wildman–Crippen LogP) is 2.65. The van der Waals surface area contributed by atoms with Gasteiger partial charge in [0.1, 0.15) is 5.69 Å². The smallest absolute Gasteiger partial charge is 0.355 e. The Bertz CT molecular complexity index is 499. The SMILES string of the molecule is CCOC(=O)c1[nH]c2ccccc2c1C. The summed E-state index contributed by atoms with van der Waals surface area (Å²) in [5.41, 5.74) is 2.47. The molecule has 1 heterocycles. The fraction of sp³-hybridized carbons (Fsp3) is 0.250. The van der Waals surface area contributed by atoms with Crippen LogP contribution in [-0.2, 0) is 4.74 Å². The summed E-state index contributed by atoms with van der Waals surface area (Å²) in [6.07, 6.45) is 0. The number of hydrogen-bond donors (Lipinski definition) is 1. The van der Waals surface area contributed by atoms with Gasteiger partial charge in [-0.2, -0.15) is 0 Å². The molecule has 0 saturated heterocycles. The second kappa shape index (κ2) is 3.77. The van der Waals surface area contributed by atoms with Gasteiger partial charge in [0.2, 0.25) is 0 Å². The Labute approximate surface area is 88.1 Å². The lowest BCUT2D eigenvalue weighted by molar-refractivity contribution is 0.0520. The number of aromatic nitrogens is 1. The van der Waals surface area contributed by atoms with Gasteiger partial charge in [0, 0.05) is 10.9 Å². The first-order valence-corrected chi connectivity index (χ1v) is 4.98. The molecule has 1 aromatic carbocycles. The number of para-hydroxylation sites is 1. The first-order valence-electron chi connectivity index (χ1n) is 4.98. The van der Waals surface area contributed by atoms with E-state index in [-0.39, 0.29) is 5.97 Å². The highest BCUT2D eigenvalue weighted by Crippen LogP contribution is 2.21. The van der Waals surface area contributed by atoms with Crippen molar-refractivity contribution in [2.45, 2.75) is 13.8 Å². The molecule has 15 heavy (non-hydrogen) atoms. The Morgan fingerprint density at radius 1 is 1.40 bits per heavy atom. The third kappa shape index (κ3) is 1.61. The monoisotopic (exact) mass is 203 g/mol. The minimum Gasteiger partial charge on any atom is -0.461 e. The van der Waals surface area contributed by atoms with E-state index < -0.39 is 0 Å². The predicted molar refractivity (Wildman–Crippen MR) is 59.0 cm³/mol.